The Balaban J connectivity index is 1.38. The number of hydrogen-bond acceptors (Lipinski definition) is 4. The number of aromatic nitrogens is 2. The van der Waals surface area contributed by atoms with Gasteiger partial charge >= 0.3 is 0 Å². The molecular formula is C24H21F2N3O2. The molecule has 1 fully saturated rings. The van der Waals surface area contributed by atoms with E-state index in [0.29, 0.717) is 16.9 Å². The van der Waals surface area contributed by atoms with E-state index in [9.17, 15) is 8.78 Å². The molecule has 0 aliphatic carbocycles. The standard InChI is InChI=1S/C24H21F2N3O2/c25-21-3-1-2-19(23(21)26)20-14-28-31-24(20)18-12-22(27-13-18)17-6-4-16(5-7-17)15-29-8-10-30-11-9-29/h1-7,12-14,27H,8-11,15H2. The largest absolute Gasteiger partial charge is 0.379 e. The number of hydrogen-bond donors (Lipinski definition) is 1. The third-order valence-electron chi connectivity index (χ3n) is 5.53. The van der Waals surface area contributed by atoms with E-state index >= 15 is 0 Å². The molecule has 0 unspecified atom stereocenters. The van der Waals surface area contributed by atoms with Crippen LogP contribution in [0.2, 0.25) is 0 Å². The summed E-state index contributed by atoms with van der Waals surface area (Å²) in [5.74, 6) is -1.44. The fourth-order valence-electron chi connectivity index (χ4n) is 3.85. The minimum absolute atomic E-state index is 0.117. The lowest BCUT2D eigenvalue weighted by Crippen LogP contribution is -2.35. The van der Waals surface area contributed by atoms with Gasteiger partial charge in [0, 0.05) is 42.7 Å². The Labute approximate surface area is 178 Å². The molecule has 0 spiro atoms. The van der Waals surface area contributed by atoms with Crippen molar-refractivity contribution >= 4 is 0 Å². The maximum Gasteiger partial charge on any atom is 0.176 e. The summed E-state index contributed by atoms with van der Waals surface area (Å²) in [4.78, 5) is 5.61. The minimum Gasteiger partial charge on any atom is -0.379 e. The topological polar surface area (TPSA) is 54.3 Å². The summed E-state index contributed by atoms with van der Waals surface area (Å²) >= 11 is 0. The number of benzene rings is 2. The highest BCUT2D eigenvalue weighted by atomic mass is 19.2. The number of morpholine rings is 1. The highest BCUT2D eigenvalue weighted by Gasteiger charge is 2.19. The van der Waals surface area contributed by atoms with Gasteiger partial charge in [-0.25, -0.2) is 8.78 Å². The molecule has 0 atom stereocenters. The molecule has 0 radical (unpaired) electrons. The highest BCUT2D eigenvalue weighted by molar-refractivity contribution is 5.81. The predicted octanol–water partition coefficient (Wildman–Crippen LogP) is 5.11. The van der Waals surface area contributed by atoms with Gasteiger partial charge in [-0.2, -0.15) is 0 Å². The summed E-state index contributed by atoms with van der Waals surface area (Å²) in [6, 6.07) is 14.3. The third kappa shape index (κ3) is 4.02. The Morgan fingerprint density at radius 3 is 2.58 bits per heavy atom. The number of nitrogens with zero attached hydrogens (tertiary/aromatic N) is 2. The summed E-state index contributed by atoms with van der Waals surface area (Å²) in [7, 11) is 0. The van der Waals surface area contributed by atoms with E-state index in [2.05, 4.69) is 39.3 Å². The van der Waals surface area contributed by atoms with Crippen molar-refractivity contribution in [3.8, 4) is 33.7 Å². The second-order valence-electron chi connectivity index (χ2n) is 7.56. The van der Waals surface area contributed by atoms with Crippen molar-refractivity contribution in [1.29, 1.82) is 0 Å². The van der Waals surface area contributed by atoms with Crippen molar-refractivity contribution in [3.05, 3.63) is 78.1 Å². The second kappa shape index (κ2) is 8.45. The van der Waals surface area contributed by atoms with Crippen LogP contribution in [-0.2, 0) is 11.3 Å². The number of halogens is 2. The van der Waals surface area contributed by atoms with Gasteiger partial charge in [0.2, 0.25) is 0 Å². The zero-order valence-corrected chi connectivity index (χ0v) is 16.8. The quantitative estimate of drug-likeness (QED) is 0.486. The van der Waals surface area contributed by atoms with Crippen LogP contribution in [0.3, 0.4) is 0 Å². The maximum atomic E-state index is 14.3. The van der Waals surface area contributed by atoms with Gasteiger partial charge in [0.1, 0.15) is 0 Å². The molecule has 1 aliphatic rings. The average molecular weight is 421 g/mol. The van der Waals surface area contributed by atoms with Crippen LogP contribution in [0.4, 0.5) is 8.78 Å². The molecule has 31 heavy (non-hydrogen) atoms. The monoisotopic (exact) mass is 421 g/mol. The first-order chi connectivity index (χ1) is 15.2. The molecule has 0 bridgehead atoms. The van der Waals surface area contributed by atoms with Crippen molar-refractivity contribution in [2.24, 2.45) is 0 Å². The van der Waals surface area contributed by atoms with Crippen LogP contribution in [0.15, 0.2) is 65.4 Å². The molecule has 2 aromatic heterocycles. The molecule has 1 saturated heterocycles. The van der Waals surface area contributed by atoms with Crippen molar-refractivity contribution in [2.75, 3.05) is 26.3 Å². The molecule has 1 N–H and O–H groups in total. The molecule has 3 heterocycles. The Hall–Kier alpha value is -3.29. The van der Waals surface area contributed by atoms with Crippen LogP contribution < -0.4 is 0 Å². The first-order valence-corrected chi connectivity index (χ1v) is 10.2. The SMILES string of the molecule is Fc1cccc(-c2cnoc2-c2c[nH]c(-c3ccc(CN4CCOCC4)cc3)c2)c1F. The first kappa shape index (κ1) is 19.7. The Morgan fingerprint density at radius 1 is 0.968 bits per heavy atom. The van der Waals surface area contributed by atoms with Gasteiger partial charge in [-0.1, -0.05) is 41.6 Å². The molecule has 4 aromatic rings. The fourth-order valence-corrected chi connectivity index (χ4v) is 3.85. The lowest BCUT2D eigenvalue weighted by atomic mass is 10.0. The van der Waals surface area contributed by atoms with Crippen LogP contribution in [0.25, 0.3) is 33.7 Å². The van der Waals surface area contributed by atoms with Crippen molar-refractivity contribution in [3.63, 3.8) is 0 Å². The number of ether oxygens (including phenoxy) is 1. The molecule has 5 rings (SSSR count). The van der Waals surface area contributed by atoms with E-state index in [1.54, 1.807) is 6.20 Å². The first-order valence-electron chi connectivity index (χ1n) is 10.2. The fraction of sp³-hybridized carbons (Fsp3) is 0.208. The maximum absolute atomic E-state index is 14.3. The van der Waals surface area contributed by atoms with Gasteiger partial charge in [0.05, 0.1) is 25.0 Å². The zero-order chi connectivity index (χ0) is 21.2. The van der Waals surface area contributed by atoms with Crippen LogP contribution in [-0.4, -0.2) is 41.3 Å². The molecular weight excluding hydrogens is 400 g/mol. The van der Waals surface area contributed by atoms with Gasteiger partial charge in [-0.05, 0) is 23.3 Å². The summed E-state index contributed by atoms with van der Waals surface area (Å²) in [5, 5.41) is 3.80. The normalized spacial score (nSPS) is 14.8. The van der Waals surface area contributed by atoms with Crippen molar-refractivity contribution in [2.45, 2.75) is 6.54 Å². The molecule has 7 heteroatoms. The van der Waals surface area contributed by atoms with E-state index in [0.717, 1.165) is 50.2 Å². The van der Waals surface area contributed by atoms with E-state index < -0.39 is 11.6 Å². The highest BCUT2D eigenvalue weighted by Crippen LogP contribution is 2.35. The van der Waals surface area contributed by atoms with Crippen molar-refractivity contribution < 1.29 is 18.0 Å². The van der Waals surface area contributed by atoms with Gasteiger partial charge in [0.15, 0.2) is 17.4 Å². The summed E-state index contributed by atoms with van der Waals surface area (Å²) < 4.78 is 38.7. The van der Waals surface area contributed by atoms with Gasteiger partial charge < -0.3 is 14.2 Å². The molecule has 1 aliphatic heterocycles. The molecule has 2 aromatic carbocycles. The lowest BCUT2D eigenvalue weighted by molar-refractivity contribution is 0.0342. The van der Waals surface area contributed by atoms with Crippen molar-refractivity contribution in [1.82, 2.24) is 15.0 Å². The Morgan fingerprint density at radius 2 is 1.77 bits per heavy atom. The molecule has 0 saturated carbocycles. The summed E-state index contributed by atoms with van der Waals surface area (Å²) in [6.45, 7) is 4.37. The van der Waals surface area contributed by atoms with Gasteiger partial charge in [0.25, 0.3) is 0 Å². The van der Waals surface area contributed by atoms with E-state index in [1.807, 2.05) is 6.07 Å². The van der Waals surface area contributed by atoms with Gasteiger partial charge in [-0.15, -0.1) is 0 Å². The van der Waals surface area contributed by atoms with Crippen LogP contribution in [0, 0.1) is 11.6 Å². The summed E-state index contributed by atoms with van der Waals surface area (Å²) in [6.07, 6.45) is 3.18. The summed E-state index contributed by atoms with van der Waals surface area (Å²) in [5.41, 5.74) is 4.40. The van der Waals surface area contributed by atoms with Crippen LogP contribution in [0.1, 0.15) is 5.56 Å². The van der Waals surface area contributed by atoms with Crippen LogP contribution in [0.5, 0.6) is 0 Å². The van der Waals surface area contributed by atoms with E-state index in [-0.39, 0.29) is 5.56 Å². The second-order valence-corrected chi connectivity index (χ2v) is 7.56. The van der Waals surface area contributed by atoms with Crippen LogP contribution >= 0.6 is 0 Å². The molecule has 158 valence electrons. The number of H-pyrrole nitrogens is 1. The molecule has 5 nitrogen and oxygen atoms in total. The predicted molar refractivity (Wildman–Crippen MR) is 113 cm³/mol. The number of rotatable bonds is 5. The number of nitrogens with one attached hydrogen (secondary N) is 1. The Kier molecular flexibility index (Phi) is 5.36. The average Bonchev–Trinajstić information content (AvgIpc) is 3.47. The zero-order valence-electron chi connectivity index (χ0n) is 16.8. The number of aromatic amines is 1. The molecule has 0 amide bonds. The van der Waals surface area contributed by atoms with Gasteiger partial charge in [-0.3, -0.25) is 4.90 Å². The van der Waals surface area contributed by atoms with E-state index in [1.165, 1.54) is 23.9 Å². The lowest BCUT2D eigenvalue weighted by Gasteiger charge is -2.26. The van der Waals surface area contributed by atoms with E-state index in [4.69, 9.17) is 9.26 Å². The Bertz CT molecular complexity index is 1180. The third-order valence-corrected chi connectivity index (χ3v) is 5.53. The smallest absolute Gasteiger partial charge is 0.176 e. The minimum atomic E-state index is -0.918.